The van der Waals surface area contributed by atoms with Gasteiger partial charge in [0.25, 0.3) is 0 Å². The molecule has 0 radical (unpaired) electrons. The minimum Gasteiger partial charge on any atom is -0.387 e. The fourth-order valence-electron chi connectivity index (χ4n) is 1.44. The van der Waals surface area contributed by atoms with E-state index in [1.54, 1.807) is 18.3 Å². The van der Waals surface area contributed by atoms with Crippen LogP contribution in [0.2, 0.25) is 15.1 Å². The smallest absolute Gasteiger partial charge is 0.112 e. The van der Waals surface area contributed by atoms with Gasteiger partial charge in [0.2, 0.25) is 0 Å². The Morgan fingerprint density at radius 2 is 1.89 bits per heavy atom. The predicted octanol–water partition coefficient (Wildman–Crippen LogP) is 3.67. The van der Waals surface area contributed by atoms with Crippen molar-refractivity contribution in [1.82, 2.24) is 15.0 Å². The van der Waals surface area contributed by atoms with Crippen molar-refractivity contribution in [2.45, 2.75) is 19.4 Å². The number of aliphatic hydroxyl groups is 1. The van der Waals surface area contributed by atoms with Gasteiger partial charge in [-0.05, 0) is 18.6 Å². The van der Waals surface area contributed by atoms with Crippen LogP contribution in [0.4, 0.5) is 0 Å². The van der Waals surface area contributed by atoms with E-state index < -0.39 is 6.10 Å². The molecule has 7 heteroatoms. The van der Waals surface area contributed by atoms with Gasteiger partial charge in [-0.3, -0.25) is 0 Å². The van der Waals surface area contributed by atoms with Crippen molar-refractivity contribution in [1.29, 1.82) is 0 Å². The lowest BCUT2D eigenvalue weighted by Crippen LogP contribution is -1.96. The molecule has 0 spiro atoms. The highest BCUT2D eigenvalue weighted by atomic mass is 35.5. The third-order valence-electron chi connectivity index (χ3n) is 2.48. The first kappa shape index (κ1) is 13.6. The molecule has 0 aliphatic rings. The average Bonchev–Trinajstić information content (AvgIpc) is 2.82. The van der Waals surface area contributed by atoms with E-state index in [4.69, 9.17) is 34.8 Å². The molecule has 0 bridgehead atoms. The minimum atomic E-state index is -0.639. The minimum absolute atomic E-state index is 0.374. The maximum atomic E-state index is 9.66. The van der Waals surface area contributed by atoms with E-state index in [2.05, 4.69) is 10.3 Å². The zero-order valence-electron chi connectivity index (χ0n) is 9.44. The molecule has 2 rings (SSSR count). The van der Waals surface area contributed by atoms with Crippen LogP contribution in [0.5, 0.6) is 0 Å². The molecule has 18 heavy (non-hydrogen) atoms. The van der Waals surface area contributed by atoms with Gasteiger partial charge < -0.3 is 5.11 Å². The molecule has 1 atom stereocenters. The summed E-state index contributed by atoms with van der Waals surface area (Å²) in [7, 11) is 0. The monoisotopic (exact) mass is 305 g/mol. The SMILES string of the molecule is CCC(O)c1cn(-c2cc(Cl)c(Cl)cc2Cl)nn1. The molecule has 1 N–H and O–H groups in total. The van der Waals surface area contributed by atoms with Crippen LogP contribution in [-0.2, 0) is 0 Å². The molecule has 96 valence electrons. The summed E-state index contributed by atoms with van der Waals surface area (Å²) >= 11 is 17.8. The molecule has 1 unspecified atom stereocenters. The van der Waals surface area contributed by atoms with Crippen molar-refractivity contribution in [2.24, 2.45) is 0 Å². The summed E-state index contributed by atoms with van der Waals surface area (Å²) < 4.78 is 1.46. The van der Waals surface area contributed by atoms with Crippen molar-refractivity contribution in [3.05, 3.63) is 39.1 Å². The molecular formula is C11H10Cl3N3O. The summed E-state index contributed by atoms with van der Waals surface area (Å²) in [6.07, 6.45) is 1.54. The summed E-state index contributed by atoms with van der Waals surface area (Å²) in [6, 6.07) is 3.14. The van der Waals surface area contributed by atoms with Gasteiger partial charge in [-0.1, -0.05) is 46.9 Å². The Hall–Kier alpha value is -0.810. The Morgan fingerprint density at radius 3 is 2.56 bits per heavy atom. The summed E-state index contributed by atoms with van der Waals surface area (Å²) in [5.41, 5.74) is 1.05. The van der Waals surface area contributed by atoms with Crippen LogP contribution in [0, 0.1) is 0 Å². The molecular weight excluding hydrogens is 296 g/mol. The van der Waals surface area contributed by atoms with Gasteiger partial charge in [-0.25, -0.2) is 4.68 Å². The molecule has 0 aliphatic carbocycles. The maximum Gasteiger partial charge on any atom is 0.112 e. The van der Waals surface area contributed by atoms with Crippen LogP contribution < -0.4 is 0 Å². The highest BCUT2D eigenvalue weighted by Gasteiger charge is 2.13. The number of aliphatic hydroxyl groups excluding tert-OH is 1. The Bertz CT molecular complexity index is 571. The topological polar surface area (TPSA) is 50.9 Å². The lowest BCUT2D eigenvalue weighted by Gasteiger charge is -2.05. The van der Waals surface area contributed by atoms with Gasteiger partial charge >= 0.3 is 0 Å². The molecule has 4 nitrogen and oxygen atoms in total. The molecule has 0 amide bonds. The average molecular weight is 307 g/mol. The predicted molar refractivity (Wildman–Crippen MR) is 71.6 cm³/mol. The normalized spacial score (nSPS) is 12.7. The number of rotatable bonds is 3. The van der Waals surface area contributed by atoms with E-state index in [0.717, 1.165) is 0 Å². The second kappa shape index (κ2) is 5.45. The maximum absolute atomic E-state index is 9.66. The van der Waals surface area contributed by atoms with Crippen LogP contribution >= 0.6 is 34.8 Å². The lowest BCUT2D eigenvalue weighted by atomic mass is 10.2. The molecule has 0 fully saturated rings. The fourth-order valence-corrected chi connectivity index (χ4v) is 2.07. The van der Waals surface area contributed by atoms with Crippen LogP contribution in [-0.4, -0.2) is 20.1 Å². The van der Waals surface area contributed by atoms with Crippen LogP contribution in [0.1, 0.15) is 25.1 Å². The first-order valence-corrected chi connectivity index (χ1v) is 6.41. The largest absolute Gasteiger partial charge is 0.387 e. The lowest BCUT2D eigenvalue weighted by molar-refractivity contribution is 0.169. The Kier molecular flexibility index (Phi) is 4.12. The summed E-state index contributed by atoms with van der Waals surface area (Å²) in [5, 5.41) is 18.6. The molecule has 0 saturated heterocycles. The van der Waals surface area contributed by atoms with Gasteiger partial charge in [0.05, 0.1) is 33.1 Å². The molecule has 1 aromatic heterocycles. The highest BCUT2D eigenvalue weighted by molar-refractivity contribution is 6.43. The third kappa shape index (κ3) is 2.62. The van der Waals surface area contributed by atoms with Gasteiger partial charge in [0.15, 0.2) is 0 Å². The van der Waals surface area contributed by atoms with E-state index in [9.17, 15) is 5.11 Å². The molecule has 1 heterocycles. The number of halogens is 3. The Balaban J connectivity index is 2.43. The second-order valence-electron chi connectivity index (χ2n) is 3.73. The van der Waals surface area contributed by atoms with Crippen LogP contribution in [0.3, 0.4) is 0 Å². The van der Waals surface area contributed by atoms with E-state index in [-0.39, 0.29) is 0 Å². The highest BCUT2D eigenvalue weighted by Crippen LogP contribution is 2.31. The van der Waals surface area contributed by atoms with Crippen LogP contribution in [0.25, 0.3) is 5.69 Å². The molecule has 2 aromatic rings. The standard InChI is InChI=1S/C11H10Cl3N3O/c1-2-11(18)9-5-17(16-15-9)10-4-7(13)6(12)3-8(10)14/h3-5,11,18H,2H2,1H3. The van der Waals surface area contributed by atoms with Gasteiger partial charge in [-0.2, -0.15) is 0 Å². The summed E-state index contributed by atoms with van der Waals surface area (Å²) in [4.78, 5) is 0. The number of aromatic nitrogens is 3. The number of benzene rings is 1. The Labute approximate surface area is 119 Å². The third-order valence-corrected chi connectivity index (χ3v) is 3.50. The Morgan fingerprint density at radius 1 is 1.22 bits per heavy atom. The molecule has 0 saturated carbocycles. The van der Waals surface area contributed by atoms with E-state index in [1.165, 1.54) is 4.68 Å². The number of nitrogens with zero attached hydrogens (tertiary/aromatic N) is 3. The zero-order valence-corrected chi connectivity index (χ0v) is 11.7. The fraction of sp³-hybridized carbons (Fsp3) is 0.273. The van der Waals surface area contributed by atoms with Gasteiger partial charge in [0.1, 0.15) is 5.69 Å². The summed E-state index contributed by atoms with van der Waals surface area (Å²) in [6.45, 7) is 1.86. The molecule has 0 aliphatic heterocycles. The van der Waals surface area contributed by atoms with Crippen LogP contribution in [0.15, 0.2) is 18.3 Å². The van der Waals surface area contributed by atoms with Gasteiger partial charge in [-0.15, -0.1) is 5.10 Å². The first-order chi connectivity index (χ1) is 8.52. The van der Waals surface area contributed by atoms with Crippen molar-refractivity contribution >= 4 is 34.8 Å². The quantitative estimate of drug-likeness (QED) is 0.880. The van der Waals surface area contributed by atoms with Gasteiger partial charge in [0, 0.05) is 0 Å². The van der Waals surface area contributed by atoms with E-state index in [0.29, 0.717) is 32.9 Å². The second-order valence-corrected chi connectivity index (χ2v) is 4.95. The first-order valence-electron chi connectivity index (χ1n) is 5.28. The zero-order chi connectivity index (χ0) is 13.3. The molecule has 1 aromatic carbocycles. The van der Waals surface area contributed by atoms with Crippen molar-refractivity contribution in [3.63, 3.8) is 0 Å². The van der Waals surface area contributed by atoms with Crippen molar-refractivity contribution in [2.75, 3.05) is 0 Å². The number of hydrogen-bond acceptors (Lipinski definition) is 3. The summed E-state index contributed by atoms with van der Waals surface area (Å²) in [5.74, 6) is 0. The van der Waals surface area contributed by atoms with Crippen molar-refractivity contribution in [3.8, 4) is 5.69 Å². The van der Waals surface area contributed by atoms with E-state index in [1.807, 2.05) is 6.92 Å². The number of hydrogen-bond donors (Lipinski definition) is 1. The van der Waals surface area contributed by atoms with E-state index >= 15 is 0 Å². The van der Waals surface area contributed by atoms with Crippen molar-refractivity contribution < 1.29 is 5.11 Å².